The van der Waals surface area contributed by atoms with Gasteiger partial charge in [-0.1, -0.05) is 78.9 Å². The van der Waals surface area contributed by atoms with Crippen LogP contribution in [0.2, 0.25) is 0 Å². The lowest BCUT2D eigenvalue weighted by molar-refractivity contribution is 0.0588. The van der Waals surface area contributed by atoms with Crippen LogP contribution >= 0.6 is 0 Å². The summed E-state index contributed by atoms with van der Waals surface area (Å²) in [5.74, 6) is -0.790. The number of rotatable bonds is 7. The molecule has 5 nitrogen and oxygen atoms in total. The molecular weight excluding hydrogens is 460 g/mol. The summed E-state index contributed by atoms with van der Waals surface area (Å²) in [6, 6.07) is 35.0. The van der Waals surface area contributed by atoms with Gasteiger partial charge in [-0.2, -0.15) is 0 Å². The summed E-state index contributed by atoms with van der Waals surface area (Å²) in [7, 11) is 1.32. The summed E-state index contributed by atoms with van der Waals surface area (Å²) in [6.45, 7) is 0.698. The van der Waals surface area contributed by atoms with Crippen molar-refractivity contribution in [3.63, 3.8) is 0 Å². The molecule has 0 saturated heterocycles. The largest absolute Gasteiger partial charge is 0.465 e. The van der Waals surface area contributed by atoms with Gasteiger partial charge in [-0.15, -0.1) is 0 Å². The van der Waals surface area contributed by atoms with E-state index in [-0.39, 0.29) is 11.5 Å². The number of hydrogen-bond acceptors (Lipinski definition) is 4. The van der Waals surface area contributed by atoms with Gasteiger partial charge in [-0.05, 0) is 52.6 Å². The van der Waals surface area contributed by atoms with E-state index in [1.165, 1.54) is 7.11 Å². The summed E-state index contributed by atoms with van der Waals surface area (Å²) in [5.41, 5.74) is 5.53. The number of para-hydroxylation sites is 1. The summed E-state index contributed by atoms with van der Waals surface area (Å²) in [5, 5.41) is 1.01. The van der Waals surface area contributed by atoms with E-state index in [1.807, 2.05) is 54.6 Å². The number of amides is 1. The lowest BCUT2D eigenvalue weighted by Gasteiger charge is -2.24. The van der Waals surface area contributed by atoms with Crippen molar-refractivity contribution in [3.05, 3.63) is 138 Å². The second-order valence-electron chi connectivity index (χ2n) is 8.80. The Bertz CT molecular complexity index is 1560. The number of benzene rings is 4. The smallest absolute Gasteiger partial charge is 0.338 e. The average molecular weight is 487 g/mol. The molecule has 37 heavy (non-hydrogen) atoms. The third-order valence-corrected chi connectivity index (χ3v) is 6.28. The Morgan fingerprint density at radius 2 is 1.38 bits per heavy atom. The van der Waals surface area contributed by atoms with Gasteiger partial charge in [0.05, 0.1) is 23.8 Å². The Balaban J connectivity index is 1.52. The van der Waals surface area contributed by atoms with Crippen LogP contribution in [0.25, 0.3) is 22.0 Å². The molecular formula is C32H26N2O3. The molecule has 0 aliphatic heterocycles. The SMILES string of the molecule is COC(=O)c1ccccc1C(=O)N(Cc1cccc(-c2ccccc2)c1)Cc1cnc2ccccc2c1. The molecule has 0 aliphatic carbocycles. The number of methoxy groups -OCH3 is 1. The van der Waals surface area contributed by atoms with Crippen molar-refractivity contribution in [2.45, 2.75) is 13.1 Å². The van der Waals surface area contributed by atoms with Crippen molar-refractivity contribution in [2.75, 3.05) is 7.11 Å². The highest BCUT2D eigenvalue weighted by molar-refractivity contribution is 6.05. The fourth-order valence-electron chi connectivity index (χ4n) is 4.45. The zero-order valence-corrected chi connectivity index (χ0v) is 20.5. The standard InChI is InChI=1S/C32H26N2O3/c1-37-32(36)29-16-7-6-15-28(29)31(35)34(22-24-19-27-13-5-8-17-30(27)33-20-24)21-23-10-9-14-26(18-23)25-11-3-2-4-12-25/h2-20H,21-22H2,1H3. The van der Waals surface area contributed by atoms with Crippen molar-refractivity contribution in [1.82, 2.24) is 9.88 Å². The molecule has 0 saturated carbocycles. The highest BCUT2D eigenvalue weighted by atomic mass is 16.5. The molecule has 4 aromatic carbocycles. The van der Waals surface area contributed by atoms with Crippen LogP contribution in [0.1, 0.15) is 31.8 Å². The molecule has 0 fully saturated rings. The van der Waals surface area contributed by atoms with Crippen LogP contribution in [0.3, 0.4) is 0 Å². The minimum absolute atomic E-state index is 0.245. The quantitative estimate of drug-likeness (QED) is 0.245. The van der Waals surface area contributed by atoms with Crippen LogP contribution in [0.15, 0.2) is 115 Å². The minimum Gasteiger partial charge on any atom is -0.465 e. The van der Waals surface area contributed by atoms with Crippen LogP contribution in [-0.4, -0.2) is 28.9 Å². The highest BCUT2D eigenvalue weighted by Crippen LogP contribution is 2.23. The van der Waals surface area contributed by atoms with Gasteiger partial charge in [0.15, 0.2) is 0 Å². The third kappa shape index (κ3) is 5.41. The number of fused-ring (bicyclic) bond motifs is 1. The fourth-order valence-corrected chi connectivity index (χ4v) is 4.45. The van der Waals surface area contributed by atoms with Gasteiger partial charge in [0, 0.05) is 24.7 Å². The van der Waals surface area contributed by atoms with Gasteiger partial charge in [0.2, 0.25) is 0 Å². The van der Waals surface area contributed by atoms with E-state index in [0.29, 0.717) is 18.7 Å². The Morgan fingerprint density at radius 1 is 0.703 bits per heavy atom. The first-order chi connectivity index (χ1) is 18.1. The summed E-state index contributed by atoms with van der Waals surface area (Å²) in [6.07, 6.45) is 1.80. The number of hydrogen-bond donors (Lipinski definition) is 0. The number of aromatic nitrogens is 1. The summed E-state index contributed by atoms with van der Waals surface area (Å²) in [4.78, 5) is 32.7. The second kappa shape index (κ2) is 10.9. The second-order valence-corrected chi connectivity index (χ2v) is 8.80. The van der Waals surface area contributed by atoms with Gasteiger partial charge in [0.1, 0.15) is 0 Å². The number of ether oxygens (including phenoxy) is 1. The van der Waals surface area contributed by atoms with Crippen molar-refractivity contribution < 1.29 is 14.3 Å². The van der Waals surface area contributed by atoms with Crippen LogP contribution in [0, 0.1) is 0 Å². The molecule has 5 rings (SSSR count). The fraction of sp³-hybridized carbons (Fsp3) is 0.0938. The van der Waals surface area contributed by atoms with Crippen molar-refractivity contribution in [3.8, 4) is 11.1 Å². The maximum atomic E-state index is 13.9. The van der Waals surface area contributed by atoms with E-state index in [9.17, 15) is 9.59 Å². The topological polar surface area (TPSA) is 59.5 Å². The number of carbonyl (C=O) groups excluding carboxylic acids is 2. The molecule has 182 valence electrons. The maximum absolute atomic E-state index is 13.9. The van der Waals surface area contributed by atoms with Gasteiger partial charge < -0.3 is 9.64 Å². The van der Waals surface area contributed by atoms with Crippen LogP contribution < -0.4 is 0 Å². The Morgan fingerprint density at radius 3 is 2.19 bits per heavy atom. The molecule has 5 aromatic rings. The molecule has 0 radical (unpaired) electrons. The number of esters is 1. The third-order valence-electron chi connectivity index (χ3n) is 6.28. The number of nitrogens with zero attached hydrogens (tertiary/aromatic N) is 2. The van der Waals surface area contributed by atoms with Gasteiger partial charge in [-0.25, -0.2) is 4.79 Å². The van der Waals surface area contributed by atoms with Crippen LogP contribution in [0.4, 0.5) is 0 Å². The molecule has 0 bridgehead atoms. The average Bonchev–Trinajstić information content (AvgIpc) is 2.96. The highest BCUT2D eigenvalue weighted by Gasteiger charge is 2.23. The number of carbonyl (C=O) groups is 2. The van der Waals surface area contributed by atoms with Gasteiger partial charge in [-0.3, -0.25) is 9.78 Å². The lowest BCUT2D eigenvalue weighted by atomic mass is 10.0. The van der Waals surface area contributed by atoms with E-state index in [2.05, 4.69) is 35.3 Å². The Hall–Kier alpha value is -4.77. The molecule has 0 aliphatic rings. The van der Waals surface area contributed by atoms with Gasteiger partial charge >= 0.3 is 5.97 Å². The van der Waals surface area contributed by atoms with E-state index in [4.69, 9.17) is 4.74 Å². The van der Waals surface area contributed by atoms with Crippen molar-refractivity contribution in [2.24, 2.45) is 0 Å². The monoisotopic (exact) mass is 486 g/mol. The molecule has 0 atom stereocenters. The molecule has 0 unspecified atom stereocenters. The molecule has 5 heteroatoms. The zero-order chi connectivity index (χ0) is 25.6. The zero-order valence-electron chi connectivity index (χ0n) is 20.5. The predicted molar refractivity (Wildman–Crippen MR) is 145 cm³/mol. The minimum atomic E-state index is -0.539. The Labute approximate surface area is 216 Å². The molecule has 1 aromatic heterocycles. The van der Waals surface area contributed by atoms with Gasteiger partial charge in [0.25, 0.3) is 5.91 Å². The Kier molecular flexibility index (Phi) is 7.04. The van der Waals surface area contributed by atoms with Crippen LogP contribution in [0.5, 0.6) is 0 Å². The van der Waals surface area contributed by atoms with E-state index < -0.39 is 5.97 Å². The maximum Gasteiger partial charge on any atom is 0.338 e. The molecule has 0 N–H and O–H groups in total. The first-order valence-corrected chi connectivity index (χ1v) is 12.1. The van der Waals surface area contributed by atoms with Crippen LogP contribution in [-0.2, 0) is 17.8 Å². The first-order valence-electron chi connectivity index (χ1n) is 12.1. The van der Waals surface area contributed by atoms with E-state index in [0.717, 1.165) is 33.2 Å². The first kappa shape index (κ1) is 23.9. The van der Waals surface area contributed by atoms with E-state index >= 15 is 0 Å². The van der Waals surface area contributed by atoms with Crippen molar-refractivity contribution in [1.29, 1.82) is 0 Å². The molecule has 0 spiro atoms. The summed E-state index contributed by atoms with van der Waals surface area (Å²) < 4.78 is 4.94. The van der Waals surface area contributed by atoms with E-state index in [1.54, 1.807) is 35.4 Å². The number of pyridine rings is 1. The predicted octanol–water partition coefficient (Wildman–Crippen LogP) is 6.53. The normalized spacial score (nSPS) is 10.7. The van der Waals surface area contributed by atoms with Crippen molar-refractivity contribution >= 4 is 22.8 Å². The molecule has 1 heterocycles. The summed E-state index contributed by atoms with van der Waals surface area (Å²) >= 11 is 0. The molecule has 1 amide bonds. The lowest BCUT2D eigenvalue weighted by Crippen LogP contribution is -2.31.